The molecule has 1 radical (unpaired) electrons. The maximum atomic E-state index is 3.72. The van der Waals surface area contributed by atoms with E-state index in [0.717, 1.165) is 6.42 Å². The van der Waals surface area contributed by atoms with Crippen LogP contribution in [0.5, 0.6) is 0 Å². The molecule has 0 rings (SSSR count). The third-order valence-corrected chi connectivity index (χ3v) is 0.854. The van der Waals surface area contributed by atoms with Gasteiger partial charge in [-0.1, -0.05) is 26.2 Å². The standard InChI is InChI=1S/C6H13.Y/c1-3-5-6-4-2;/h1,3-6H2,2H3;/q-1;. The van der Waals surface area contributed by atoms with Crippen LogP contribution in [0.1, 0.15) is 32.6 Å². The molecule has 0 spiro atoms. The van der Waals surface area contributed by atoms with Crippen molar-refractivity contribution in [1.29, 1.82) is 0 Å². The van der Waals surface area contributed by atoms with Crippen LogP contribution < -0.4 is 0 Å². The van der Waals surface area contributed by atoms with Crippen molar-refractivity contribution in [2.45, 2.75) is 32.6 Å². The van der Waals surface area contributed by atoms with Crippen molar-refractivity contribution < 1.29 is 32.7 Å². The van der Waals surface area contributed by atoms with Gasteiger partial charge in [0.15, 0.2) is 0 Å². The second-order valence-corrected chi connectivity index (χ2v) is 1.56. The van der Waals surface area contributed by atoms with Crippen molar-refractivity contribution in [2.24, 2.45) is 0 Å². The van der Waals surface area contributed by atoms with Gasteiger partial charge >= 0.3 is 0 Å². The van der Waals surface area contributed by atoms with E-state index in [1.807, 2.05) is 0 Å². The number of rotatable bonds is 3. The minimum atomic E-state index is 0. The van der Waals surface area contributed by atoms with Gasteiger partial charge in [0.25, 0.3) is 0 Å². The molecule has 0 saturated carbocycles. The van der Waals surface area contributed by atoms with E-state index >= 15 is 0 Å². The van der Waals surface area contributed by atoms with E-state index in [2.05, 4.69) is 13.8 Å². The molecule has 0 nitrogen and oxygen atoms in total. The van der Waals surface area contributed by atoms with Gasteiger partial charge in [-0.05, 0) is 0 Å². The normalized spacial score (nSPS) is 7.71. The van der Waals surface area contributed by atoms with Crippen molar-refractivity contribution in [3.8, 4) is 0 Å². The molecule has 0 N–H and O–H groups in total. The minimum Gasteiger partial charge on any atom is -0.343 e. The average Bonchev–Trinajstić information content (AvgIpc) is 1.61. The molecule has 1 heteroatoms. The molecule has 0 atom stereocenters. The van der Waals surface area contributed by atoms with Gasteiger partial charge in [-0.15, -0.1) is 0 Å². The second-order valence-electron chi connectivity index (χ2n) is 1.56. The zero-order valence-corrected chi connectivity index (χ0v) is 7.95. The zero-order chi connectivity index (χ0) is 4.83. The summed E-state index contributed by atoms with van der Waals surface area (Å²) in [6, 6.07) is 0. The average molecular weight is 174 g/mol. The third kappa shape index (κ3) is 11.0. The van der Waals surface area contributed by atoms with E-state index in [0.29, 0.717) is 0 Å². The summed E-state index contributed by atoms with van der Waals surface area (Å²) < 4.78 is 0. The smallest absolute Gasteiger partial charge is 0 e. The monoisotopic (exact) mass is 174 g/mol. The first kappa shape index (κ1) is 11.0. The summed E-state index contributed by atoms with van der Waals surface area (Å²) in [5.74, 6) is 0. The summed E-state index contributed by atoms with van der Waals surface area (Å²) in [6.45, 7) is 5.93. The number of hydrogen-bond acceptors (Lipinski definition) is 0. The van der Waals surface area contributed by atoms with Gasteiger partial charge in [0.2, 0.25) is 0 Å². The molecule has 0 aromatic heterocycles. The maximum absolute atomic E-state index is 3.72. The van der Waals surface area contributed by atoms with E-state index in [-0.39, 0.29) is 32.7 Å². The van der Waals surface area contributed by atoms with Crippen LogP contribution in [0.4, 0.5) is 0 Å². The van der Waals surface area contributed by atoms with Crippen molar-refractivity contribution >= 4 is 0 Å². The predicted octanol–water partition coefficient (Wildman–Crippen LogP) is 2.40. The van der Waals surface area contributed by atoms with Gasteiger partial charge in [0.1, 0.15) is 0 Å². The molecule has 0 unspecified atom stereocenters. The van der Waals surface area contributed by atoms with Gasteiger partial charge in [0, 0.05) is 32.7 Å². The molecule has 41 valence electrons. The Morgan fingerprint density at radius 3 is 2.00 bits per heavy atom. The zero-order valence-electron chi connectivity index (χ0n) is 5.11. The van der Waals surface area contributed by atoms with E-state index < -0.39 is 0 Å². The van der Waals surface area contributed by atoms with Crippen molar-refractivity contribution in [3.05, 3.63) is 6.92 Å². The fourth-order valence-electron chi connectivity index (χ4n) is 0.427. The van der Waals surface area contributed by atoms with E-state index in [9.17, 15) is 0 Å². The van der Waals surface area contributed by atoms with Gasteiger partial charge in [-0.25, -0.2) is 0 Å². The van der Waals surface area contributed by atoms with Crippen LogP contribution in [-0.2, 0) is 32.7 Å². The Balaban J connectivity index is 0. The summed E-state index contributed by atoms with van der Waals surface area (Å²) in [6.07, 6.45) is 5.07. The molecule has 0 heterocycles. The summed E-state index contributed by atoms with van der Waals surface area (Å²) >= 11 is 0. The van der Waals surface area contributed by atoms with Crippen LogP contribution >= 0.6 is 0 Å². The van der Waals surface area contributed by atoms with Crippen molar-refractivity contribution in [2.75, 3.05) is 0 Å². The molecule has 0 aliphatic carbocycles. The maximum Gasteiger partial charge on any atom is 0 e. The minimum absolute atomic E-state index is 0. The fourth-order valence-corrected chi connectivity index (χ4v) is 0.427. The van der Waals surface area contributed by atoms with Crippen molar-refractivity contribution in [3.63, 3.8) is 0 Å². The predicted molar refractivity (Wildman–Crippen MR) is 29.5 cm³/mol. The molecule has 0 aliphatic rings. The van der Waals surface area contributed by atoms with Crippen LogP contribution in [0.3, 0.4) is 0 Å². The summed E-state index contributed by atoms with van der Waals surface area (Å²) in [5.41, 5.74) is 0. The van der Waals surface area contributed by atoms with Crippen LogP contribution in [0, 0.1) is 6.92 Å². The first-order valence-electron chi connectivity index (χ1n) is 2.71. The van der Waals surface area contributed by atoms with E-state index in [1.165, 1.54) is 19.3 Å². The summed E-state index contributed by atoms with van der Waals surface area (Å²) in [5, 5.41) is 0. The molecule has 0 bridgehead atoms. The molecule has 7 heavy (non-hydrogen) atoms. The van der Waals surface area contributed by atoms with Crippen LogP contribution in [0.15, 0.2) is 0 Å². The molecule has 0 amide bonds. The molecule has 0 aromatic rings. The Morgan fingerprint density at radius 1 is 1.29 bits per heavy atom. The third-order valence-electron chi connectivity index (χ3n) is 0.854. The molecular weight excluding hydrogens is 161 g/mol. The largest absolute Gasteiger partial charge is 0.343 e. The number of unbranched alkanes of at least 4 members (excludes halogenated alkanes) is 3. The molecular formula is C6H13Y-. The topological polar surface area (TPSA) is 0 Å². The first-order valence-corrected chi connectivity index (χ1v) is 2.71. The van der Waals surface area contributed by atoms with Crippen LogP contribution in [-0.4, -0.2) is 0 Å². The van der Waals surface area contributed by atoms with E-state index in [4.69, 9.17) is 0 Å². The first-order chi connectivity index (χ1) is 2.91. The van der Waals surface area contributed by atoms with E-state index in [1.54, 1.807) is 0 Å². The van der Waals surface area contributed by atoms with Gasteiger partial charge in [-0.2, -0.15) is 6.42 Å². The SMILES string of the molecule is [CH2-]CCCCC.[Y]. The summed E-state index contributed by atoms with van der Waals surface area (Å²) in [4.78, 5) is 0. The van der Waals surface area contributed by atoms with Crippen LogP contribution in [0.25, 0.3) is 0 Å². The molecule has 0 aliphatic heterocycles. The molecule has 0 fully saturated rings. The number of hydrogen-bond donors (Lipinski definition) is 0. The Morgan fingerprint density at radius 2 is 1.86 bits per heavy atom. The molecule has 0 aromatic carbocycles. The van der Waals surface area contributed by atoms with Crippen molar-refractivity contribution in [1.82, 2.24) is 0 Å². The van der Waals surface area contributed by atoms with Crippen LogP contribution in [0.2, 0.25) is 0 Å². The fraction of sp³-hybridized carbons (Fsp3) is 0.833. The quantitative estimate of drug-likeness (QED) is 0.455. The second kappa shape index (κ2) is 10.2. The Labute approximate surface area is 71.9 Å². The Bertz CT molecular complexity index is 16.1. The Kier molecular flexibility index (Phi) is 15.9. The molecule has 0 saturated heterocycles. The van der Waals surface area contributed by atoms with Gasteiger partial charge in [-0.3, -0.25) is 0 Å². The van der Waals surface area contributed by atoms with Gasteiger partial charge < -0.3 is 6.92 Å². The summed E-state index contributed by atoms with van der Waals surface area (Å²) in [7, 11) is 0. The van der Waals surface area contributed by atoms with Gasteiger partial charge in [0.05, 0.1) is 0 Å². The Hall–Kier alpha value is 1.10.